The molecule has 114 heavy (non-hydrogen) atoms. The number of aliphatic carboxylic acids is 3. The molecule has 5 atom stereocenters. The van der Waals surface area contributed by atoms with Crippen LogP contribution in [0.2, 0.25) is 0 Å². The third-order valence-electron chi connectivity index (χ3n) is 22.4. The van der Waals surface area contributed by atoms with Gasteiger partial charge in [0, 0.05) is 81.7 Å². The van der Waals surface area contributed by atoms with Crippen molar-refractivity contribution in [1.82, 2.24) is 39.9 Å². The molecule has 12 rings (SSSR count). The lowest BCUT2D eigenvalue weighted by Crippen LogP contribution is -2.42. The summed E-state index contributed by atoms with van der Waals surface area (Å²) < 4.78 is 30.7. The van der Waals surface area contributed by atoms with Gasteiger partial charge in [-0.05, 0) is 202 Å². The highest BCUT2D eigenvalue weighted by Gasteiger charge is 2.55. The highest BCUT2D eigenvalue weighted by atomic mass is 16.5. The second-order valence-electron chi connectivity index (χ2n) is 29.1. The lowest BCUT2D eigenvalue weighted by molar-refractivity contribution is -0.149. The first-order chi connectivity index (χ1) is 54.1. The van der Waals surface area contributed by atoms with Crippen LogP contribution in [0.25, 0.3) is 77.8 Å². The minimum atomic E-state index is -1.15. The summed E-state index contributed by atoms with van der Waals surface area (Å²) in [5, 5.41) is 27.5. The summed E-state index contributed by atoms with van der Waals surface area (Å²) >= 11 is 0. The number of carboxylic acids is 3. The van der Waals surface area contributed by atoms with E-state index in [-0.39, 0.29) is 67.5 Å². The molecule has 0 saturated carbocycles. The quantitative estimate of drug-likeness (QED) is 0.0301. The predicted molar refractivity (Wildman–Crippen MR) is 431 cm³/mol. The Morgan fingerprint density at radius 1 is 0.456 bits per heavy atom. The topological polar surface area (TPSA) is 410 Å². The Hall–Kier alpha value is -12.7. The highest BCUT2D eigenvalue weighted by Crippen LogP contribution is 2.55. The molecule has 27 heteroatoms. The Bertz CT molecular complexity index is 5520. The number of carbonyl (C=O) groups excluding carboxylic acids is 6. The highest BCUT2D eigenvalue weighted by molar-refractivity contribution is 6.05. The van der Waals surface area contributed by atoms with Crippen molar-refractivity contribution in [2.45, 2.75) is 137 Å². The molecular formula is C87H95N9O18. The van der Waals surface area contributed by atoms with Crippen molar-refractivity contribution in [3.63, 3.8) is 0 Å². The fraction of sp³-hybridized carbons (Fsp3) is 0.345. The van der Waals surface area contributed by atoms with Gasteiger partial charge in [-0.15, -0.1) is 0 Å². The number of aromatic amines is 4. The molecule has 0 saturated heterocycles. The van der Waals surface area contributed by atoms with E-state index in [1.807, 2.05) is 110 Å². The van der Waals surface area contributed by atoms with Gasteiger partial charge < -0.3 is 69.4 Å². The summed E-state index contributed by atoms with van der Waals surface area (Å²) in [6, 6.07) is 14.5. The van der Waals surface area contributed by atoms with E-state index in [0.717, 1.165) is 89.0 Å². The molecule has 0 radical (unpaired) electrons. The number of methoxy groups -OCH3 is 6. The van der Waals surface area contributed by atoms with Crippen LogP contribution in [0.1, 0.15) is 184 Å². The minimum Gasteiger partial charge on any atom is -0.481 e. The zero-order valence-electron chi connectivity index (χ0n) is 66.8. The first-order valence-electron chi connectivity index (χ1n) is 37.0. The summed E-state index contributed by atoms with van der Waals surface area (Å²) in [7, 11) is 7.79. The van der Waals surface area contributed by atoms with Crippen molar-refractivity contribution < 1.29 is 86.9 Å². The van der Waals surface area contributed by atoms with Crippen molar-refractivity contribution in [2.24, 2.45) is 23.5 Å². The number of hydrogen-bond acceptors (Lipinski definition) is 20. The van der Waals surface area contributed by atoms with Gasteiger partial charge >= 0.3 is 53.7 Å². The van der Waals surface area contributed by atoms with Gasteiger partial charge in [0.05, 0.1) is 110 Å². The Kier molecular flexibility index (Phi) is 25.1. The average Bonchev–Trinajstić information content (AvgIpc) is 1.56. The number of carbonyl (C=O) groups is 9. The molecule has 9 N–H and O–H groups in total. The number of fused-ring (bicyclic) bond motifs is 22. The molecule has 4 aromatic heterocycles. The summed E-state index contributed by atoms with van der Waals surface area (Å²) in [5.74, 6) is -8.21. The van der Waals surface area contributed by atoms with Crippen molar-refractivity contribution in [3.8, 4) is 0 Å². The van der Waals surface area contributed by atoms with Gasteiger partial charge in [-0.25, -0.2) is 29.5 Å². The number of esters is 6. The Morgan fingerprint density at radius 3 is 1.15 bits per heavy atom. The lowest BCUT2D eigenvalue weighted by Gasteiger charge is -2.36. The zero-order valence-corrected chi connectivity index (χ0v) is 66.8. The van der Waals surface area contributed by atoms with Gasteiger partial charge in [-0.1, -0.05) is 63.5 Å². The maximum Gasteiger partial charge on any atom is 0.334 e. The summed E-state index contributed by atoms with van der Waals surface area (Å²) in [6.07, 6.45) is 11.6. The lowest BCUT2D eigenvalue weighted by atomic mass is 9.64. The second-order valence-corrected chi connectivity index (χ2v) is 29.1. The molecule has 4 aromatic rings. The van der Waals surface area contributed by atoms with E-state index in [4.69, 9.17) is 59.2 Å². The Labute approximate surface area is 658 Å². The van der Waals surface area contributed by atoms with Crippen LogP contribution >= 0.6 is 0 Å². The molecule has 0 amide bonds. The third-order valence-corrected chi connectivity index (χ3v) is 22.4. The number of ether oxygens (including phenoxy) is 6. The van der Waals surface area contributed by atoms with Gasteiger partial charge in [0.1, 0.15) is 17.9 Å². The first-order valence-corrected chi connectivity index (χ1v) is 37.0. The predicted octanol–water partition coefficient (Wildman–Crippen LogP) is 13.3. The van der Waals surface area contributed by atoms with Crippen LogP contribution < -0.4 is 5.73 Å². The first kappa shape index (κ1) is 83.8. The normalized spacial score (nSPS) is 18.1. The average molecular weight is 1550 g/mol. The second kappa shape index (κ2) is 34.1. The van der Waals surface area contributed by atoms with Gasteiger partial charge in [0.2, 0.25) is 0 Å². The van der Waals surface area contributed by atoms with Crippen LogP contribution in [0, 0.1) is 31.6 Å². The molecule has 0 unspecified atom stereocenters. The smallest absolute Gasteiger partial charge is 0.334 e. The molecule has 6 aliphatic heterocycles. The maximum absolute atomic E-state index is 13.7. The van der Waals surface area contributed by atoms with Crippen LogP contribution in [0.15, 0.2) is 109 Å². The molecule has 0 fully saturated rings. The summed E-state index contributed by atoms with van der Waals surface area (Å²) in [4.78, 5) is 146. The van der Waals surface area contributed by atoms with E-state index < -0.39 is 70.5 Å². The molecule has 2 aliphatic carbocycles. The number of nitrogens with one attached hydrogen (secondary N) is 4. The molecule has 27 nitrogen and oxygen atoms in total. The van der Waals surface area contributed by atoms with E-state index in [1.54, 1.807) is 44.2 Å². The summed E-state index contributed by atoms with van der Waals surface area (Å²) in [5.41, 5.74) is 25.0. The Balaban J connectivity index is 0.000000220. The minimum absolute atomic E-state index is 0.0208. The SMILES string of the molecule is C=CC1=C(C)c2cc3[nH]c(cc4nc(cc5[nH]c(cc1n2)c(C)c5CCC(=O)O)C(CCC(=O)OC)=C4C)[C@@]1(C)C3=CC=C(C(=O)OC)[C@H]1C(=O)OC.C=CC1=C(C)c2cc3[nH]c(cc4nc(cc5[nH]c(cc1n2)c(C)c5CCC(=O)OC)C(CCC(=O)O)=C4C)[C@@]1(C)C3=CC=C(C(=O)OC)[C@H]1C(=O)OC.CC(C)[C@H](N)C(=O)O. The number of rotatable bonds is 20. The maximum atomic E-state index is 13.7. The third kappa shape index (κ3) is 16.0. The number of carboxylic acid groups (broad SMARTS) is 3. The molecule has 16 bridgehead atoms. The van der Waals surface area contributed by atoms with Crippen LogP contribution in [-0.4, -0.2) is 158 Å². The van der Waals surface area contributed by atoms with Crippen molar-refractivity contribution in [2.75, 3.05) is 42.7 Å². The molecule has 596 valence electrons. The molecule has 0 aromatic carbocycles. The van der Waals surface area contributed by atoms with Crippen LogP contribution in [-0.2, 0) is 95.2 Å². The zero-order chi connectivity index (χ0) is 83.4. The fourth-order valence-corrected chi connectivity index (χ4v) is 15.7. The van der Waals surface area contributed by atoms with Crippen LogP contribution in [0.5, 0.6) is 0 Å². The molecular weight excluding hydrogens is 1460 g/mol. The van der Waals surface area contributed by atoms with Gasteiger partial charge in [0.15, 0.2) is 0 Å². The van der Waals surface area contributed by atoms with E-state index in [9.17, 15) is 53.4 Å². The Morgan fingerprint density at radius 2 is 0.807 bits per heavy atom. The van der Waals surface area contributed by atoms with E-state index in [1.165, 1.54) is 42.7 Å². The number of H-pyrrole nitrogens is 4. The molecule has 8 aliphatic rings. The number of nitrogens with two attached hydrogens (primary N) is 1. The van der Waals surface area contributed by atoms with E-state index in [2.05, 4.69) is 33.1 Å². The number of hydrogen-bond donors (Lipinski definition) is 8. The fourth-order valence-electron chi connectivity index (χ4n) is 15.7. The summed E-state index contributed by atoms with van der Waals surface area (Å²) in [6.45, 7) is 27.1. The van der Waals surface area contributed by atoms with Crippen molar-refractivity contribution >= 4 is 132 Å². The van der Waals surface area contributed by atoms with Gasteiger partial charge in [-0.3, -0.25) is 33.6 Å². The molecule has 0 spiro atoms. The molecule has 10 heterocycles. The largest absolute Gasteiger partial charge is 0.481 e. The van der Waals surface area contributed by atoms with Crippen molar-refractivity contribution in [1.29, 1.82) is 0 Å². The van der Waals surface area contributed by atoms with Gasteiger partial charge in [-0.2, -0.15) is 0 Å². The number of allylic oxidation sites excluding steroid dienone is 16. The number of aryl methyl sites for hydroxylation is 4. The number of aromatic nitrogens is 8. The van der Waals surface area contributed by atoms with Gasteiger partial charge in [0.25, 0.3) is 0 Å². The monoisotopic (exact) mass is 1550 g/mol. The van der Waals surface area contributed by atoms with Crippen molar-refractivity contribution in [3.05, 3.63) is 200 Å². The van der Waals surface area contributed by atoms with E-state index >= 15 is 0 Å². The van der Waals surface area contributed by atoms with E-state index in [0.29, 0.717) is 92.2 Å². The van der Waals surface area contributed by atoms with Crippen LogP contribution in [0.4, 0.5) is 0 Å². The standard InChI is InChI=1S/2C41H42N4O8.C5H11NO2/c1-9-23-20(2)29-17-34-27-13-10-26(39(49)52-7)38(40(50)53-8)41(27,5)35(45-34)19-30-22(4)24(11-14-36(46)47)32(44-30)18-33-25(12-15-37(48)51-6)21(3)28(43-33)16-31(23)42-29;1-9-23-20(2)29-17-34-27-13-10-26(39(49)52-7)38(40(50)53-8)41(27,5)35(45-34)19-30-22(4)25(12-15-37(48)51-6)33(44-30)18-32-24(11-14-36(46)47)21(3)28(43-32)16-31(23)42-29;1-3(2)4(6)5(7)8/h2*9-10,13,16-19,38,43,45H,1,11-12,14-15H2,2-8H3,(H,46,47);3-4H,6H2,1-2H3,(H,7,8)/t2*38-,41+;4-/m000/s1. The van der Waals surface area contributed by atoms with Crippen LogP contribution in [0.3, 0.4) is 0 Å². The number of nitrogens with zero attached hydrogens (tertiary/aromatic N) is 4.